The quantitative estimate of drug-likeness (QED) is 0.823. The molecule has 1 aliphatic heterocycles. The van der Waals surface area contributed by atoms with Crippen molar-refractivity contribution < 1.29 is 9.59 Å². The number of pyridine rings is 1. The largest absolute Gasteiger partial charge is 0.362 e. The Kier molecular flexibility index (Phi) is 4.82. The molecule has 148 valence electrons. The highest BCUT2D eigenvalue weighted by atomic mass is 16.2. The molecule has 0 saturated carbocycles. The van der Waals surface area contributed by atoms with Gasteiger partial charge in [0, 0.05) is 41.1 Å². The summed E-state index contributed by atoms with van der Waals surface area (Å²) in [6.07, 6.45) is 2.90. The van der Waals surface area contributed by atoms with Crippen LogP contribution in [0.1, 0.15) is 45.1 Å². The van der Waals surface area contributed by atoms with Crippen LogP contribution in [-0.4, -0.2) is 16.7 Å². The van der Waals surface area contributed by atoms with E-state index < -0.39 is 0 Å². The number of allylic oxidation sites excluding steroid dienone is 3. The second-order valence-electron chi connectivity index (χ2n) is 8.51. The summed E-state index contributed by atoms with van der Waals surface area (Å²) < 4.78 is 0. The highest BCUT2D eigenvalue weighted by Gasteiger charge is 2.42. The number of rotatable bonds is 3. The standard InChI is InChI=1S/C24H25N3O2/c1-15-20(23(29)27-19-11-7-8-12-25-19)21(16-9-5-4-6-10-16)22-17(26-15)13-24(2,3)14-18(22)28/h4-12,21,26H,13-14H2,1-3H3,(H,25,27,29). The average Bonchev–Trinajstić information content (AvgIpc) is 2.67. The molecule has 1 aromatic carbocycles. The Labute approximate surface area is 170 Å². The SMILES string of the molecule is CC1=C(C(=O)Nc2ccccn2)C(c2ccccc2)C2=C(CC(C)(C)CC2=O)N1. The summed E-state index contributed by atoms with van der Waals surface area (Å²) in [6.45, 7) is 6.12. The lowest BCUT2D eigenvalue weighted by molar-refractivity contribution is -0.118. The number of ketones is 1. The normalized spacial score (nSPS) is 20.8. The summed E-state index contributed by atoms with van der Waals surface area (Å²) >= 11 is 0. The van der Waals surface area contributed by atoms with Crippen LogP contribution in [0.2, 0.25) is 0 Å². The topological polar surface area (TPSA) is 71.1 Å². The Morgan fingerprint density at radius 3 is 2.52 bits per heavy atom. The Bertz CT molecular complexity index is 1020. The van der Waals surface area contributed by atoms with Crippen molar-refractivity contribution in [2.24, 2.45) is 5.41 Å². The summed E-state index contributed by atoms with van der Waals surface area (Å²) in [6, 6.07) is 15.2. The molecule has 0 saturated heterocycles. The average molecular weight is 387 g/mol. The predicted octanol–water partition coefficient (Wildman–Crippen LogP) is 4.32. The number of carbonyl (C=O) groups excluding carboxylic acids is 2. The molecule has 2 aromatic rings. The number of dihydropyridines is 1. The van der Waals surface area contributed by atoms with E-state index in [0.717, 1.165) is 23.4 Å². The van der Waals surface area contributed by atoms with Crippen molar-refractivity contribution in [2.75, 3.05) is 5.32 Å². The second-order valence-corrected chi connectivity index (χ2v) is 8.51. The van der Waals surface area contributed by atoms with Gasteiger partial charge in [0.25, 0.3) is 5.91 Å². The number of nitrogens with one attached hydrogen (secondary N) is 2. The first kappa shape index (κ1) is 19.1. The highest BCUT2D eigenvalue weighted by Crippen LogP contribution is 2.46. The molecule has 4 rings (SSSR count). The van der Waals surface area contributed by atoms with Gasteiger partial charge in [-0.05, 0) is 36.5 Å². The third-order valence-corrected chi connectivity index (χ3v) is 5.52. The maximum absolute atomic E-state index is 13.3. The van der Waals surface area contributed by atoms with Gasteiger partial charge in [-0.2, -0.15) is 0 Å². The Hall–Kier alpha value is -3.21. The lowest BCUT2D eigenvalue weighted by Crippen LogP contribution is -2.39. The summed E-state index contributed by atoms with van der Waals surface area (Å²) in [5.74, 6) is -0.0415. The van der Waals surface area contributed by atoms with Gasteiger partial charge in [0.2, 0.25) is 0 Å². The number of aromatic nitrogens is 1. The fourth-order valence-corrected chi connectivity index (χ4v) is 4.34. The van der Waals surface area contributed by atoms with Gasteiger partial charge in [0.05, 0.1) is 0 Å². The molecule has 29 heavy (non-hydrogen) atoms. The molecule has 2 heterocycles. The van der Waals surface area contributed by atoms with Gasteiger partial charge < -0.3 is 10.6 Å². The van der Waals surface area contributed by atoms with Gasteiger partial charge >= 0.3 is 0 Å². The van der Waals surface area contributed by atoms with Crippen LogP contribution >= 0.6 is 0 Å². The maximum Gasteiger partial charge on any atom is 0.255 e. The third kappa shape index (κ3) is 3.73. The van der Waals surface area contributed by atoms with E-state index in [9.17, 15) is 9.59 Å². The summed E-state index contributed by atoms with van der Waals surface area (Å²) in [5, 5.41) is 6.26. The van der Waals surface area contributed by atoms with E-state index in [1.807, 2.05) is 43.3 Å². The van der Waals surface area contributed by atoms with Crippen molar-refractivity contribution in [1.29, 1.82) is 0 Å². The van der Waals surface area contributed by atoms with E-state index in [2.05, 4.69) is 29.5 Å². The van der Waals surface area contributed by atoms with Crippen LogP contribution in [0.5, 0.6) is 0 Å². The molecule has 2 N–H and O–H groups in total. The number of Topliss-reactive ketones (excluding diaryl/α,β-unsaturated/α-hetero) is 1. The lowest BCUT2D eigenvalue weighted by Gasteiger charge is -2.39. The zero-order valence-electron chi connectivity index (χ0n) is 17.0. The van der Waals surface area contributed by atoms with Gasteiger partial charge in [-0.3, -0.25) is 9.59 Å². The molecular weight excluding hydrogens is 362 g/mol. The Morgan fingerprint density at radius 1 is 1.10 bits per heavy atom. The first-order chi connectivity index (χ1) is 13.9. The van der Waals surface area contributed by atoms with Crippen LogP contribution in [0, 0.1) is 5.41 Å². The molecule has 1 unspecified atom stereocenters. The van der Waals surface area contributed by atoms with Crippen molar-refractivity contribution in [3.63, 3.8) is 0 Å². The second kappa shape index (κ2) is 7.32. The van der Waals surface area contributed by atoms with Gasteiger partial charge in [-0.1, -0.05) is 50.2 Å². The van der Waals surface area contributed by atoms with Crippen molar-refractivity contribution >= 4 is 17.5 Å². The van der Waals surface area contributed by atoms with E-state index in [1.54, 1.807) is 18.3 Å². The van der Waals surface area contributed by atoms with E-state index >= 15 is 0 Å². The van der Waals surface area contributed by atoms with Crippen LogP contribution in [0.3, 0.4) is 0 Å². The molecular formula is C24H25N3O2. The van der Waals surface area contributed by atoms with Crippen LogP contribution in [0.15, 0.2) is 77.3 Å². The molecule has 5 nitrogen and oxygen atoms in total. The van der Waals surface area contributed by atoms with Crippen molar-refractivity contribution in [2.45, 2.75) is 39.5 Å². The summed E-state index contributed by atoms with van der Waals surface area (Å²) in [7, 11) is 0. The maximum atomic E-state index is 13.3. The van der Waals surface area contributed by atoms with E-state index in [-0.39, 0.29) is 23.0 Å². The highest BCUT2D eigenvalue weighted by molar-refractivity contribution is 6.09. The van der Waals surface area contributed by atoms with Crippen molar-refractivity contribution in [1.82, 2.24) is 10.3 Å². The van der Waals surface area contributed by atoms with Crippen molar-refractivity contribution in [3.05, 3.63) is 82.8 Å². The van der Waals surface area contributed by atoms with Gasteiger partial charge in [-0.25, -0.2) is 4.98 Å². The zero-order chi connectivity index (χ0) is 20.6. The van der Waals surface area contributed by atoms with E-state index in [4.69, 9.17) is 0 Å². The summed E-state index contributed by atoms with van der Waals surface area (Å²) in [4.78, 5) is 30.7. The molecule has 1 aromatic heterocycles. The Morgan fingerprint density at radius 2 is 1.83 bits per heavy atom. The molecule has 5 heteroatoms. The number of nitrogens with zero attached hydrogens (tertiary/aromatic N) is 1. The van der Waals surface area contributed by atoms with Crippen LogP contribution < -0.4 is 10.6 Å². The number of hydrogen-bond acceptors (Lipinski definition) is 4. The molecule has 0 bridgehead atoms. The number of amides is 1. The minimum absolute atomic E-state index is 0.0991. The minimum atomic E-state index is -0.389. The smallest absolute Gasteiger partial charge is 0.255 e. The molecule has 1 atom stereocenters. The molecule has 2 aliphatic rings. The van der Waals surface area contributed by atoms with E-state index in [0.29, 0.717) is 23.4 Å². The number of hydrogen-bond donors (Lipinski definition) is 2. The van der Waals surface area contributed by atoms with Gasteiger partial charge in [0.15, 0.2) is 5.78 Å². The first-order valence-electron chi connectivity index (χ1n) is 9.87. The Balaban J connectivity index is 1.80. The van der Waals surface area contributed by atoms with Gasteiger partial charge in [-0.15, -0.1) is 0 Å². The van der Waals surface area contributed by atoms with Crippen LogP contribution in [0.25, 0.3) is 0 Å². The molecule has 0 fully saturated rings. The monoisotopic (exact) mass is 387 g/mol. The predicted molar refractivity (Wildman–Crippen MR) is 113 cm³/mol. The molecule has 1 amide bonds. The fourth-order valence-electron chi connectivity index (χ4n) is 4.34. The number of anilines is 1. The minimum Gasteiger partial charge on any atom is -0.362 e. The summed E-state index contributed by atoms with van der Waals surface area (Å²) in [5.41, 5.74) is 3.84. The molecule has 1 aliphatic carbocycles. The first-order valence-corrected chi connectivity index (χ1v) is 9.87. The molecule has 0 spiro atoms. The number of benzene rings is 1. The zero-order valence-corrected chi connectivity index (χ0v) is 17.0. The number of carbonyl (C=O) groups is 2. The third-order valence-electron chi connectivity index (χ3n) is 5.52. The van der Waals surface area contributed by atoms with Crippen LogP contribution in [0.4, 0.5) is 5.82 Å². The van der Waals surface area contributed by atoms with Gasteiger partial charge in [0.1, 0.15) is 5.82 Å². The molecule has 0 radical (unpaired) electrons. The van der Waals surface area contributed by atoms with Crippen LogP contribution in [-0.2, 0) is 9.59 Å². The fraction of sp³-hybridized carbons (Fsp3) is 0.292. The van der Waals surface area contributed by atoms with E-state index in [1.165, 1.54) is 0 Å². The lowest BCUT2D eigenvalue weighted by atomic mass is 9.68. The van der Waals surface area contributed by atoms with Crippen molar-refractivity contribution in [3.8, 4) is 0 Å².